The molecule has 0 amide bonds. The van der Waals surface area contributed by atoms with Crippen molar-refractivity contribution in [3.63, 3.8) is 0 Å². The quantitative estimate of drug-likeness (QED) is 0.726. The van der Waals surface area contributed by atoms with Crippen molar-refractivity contribution >= 4 is 16.7 Å². The summed E-state index contributed by atoms with van der Waals surface area (Å²) in [5.41, 5.74) is 1.63. The molecule has 112 valence electrons. The molecule has 0 radical (unpaired) electrons. The number of nitriles is 3. The maximum atomic E-state index is 9.17. The van der Waals surface area contributed by atoms with Gasteiger partial charge in [0.25, 0.3) is 0 Å². The summed E-state index contributed by atoms with van der Waals surface area (Å²) in [6.07, 6.45) is 0. The van der Waals surface area contributed by atoms with Crippen molar-refractivity contribution in [1.29, 1.82) is 15.8 Å². The fourth-order valence-electron chi connectivity index (χ4n) is 2.32. The first-order valence-corrected chi connectivity index (χ1v) is 7.06. The van der Waals surface area contributed by atoms with E-state index in [4.69, 9.17) is 14.9 Å². The van der Waals surface area contributed by atoms with Crippen molar-refractivity contribution in [3.8, 4) is 29.5 Å². The summed E-state index contributed by atoms with van der Waals surface area (Å²) in [6, 6.07) is 22.2. The first-order chi connectivity index (χ1) is 11.8. The molecule has 1 aromatic heterocycles. The zero-order valence-electron chi connectivity index (χ0n) is 12.4. The van der Waals surface area contributed by atoms with Crippen molar-refractivity contribution in [2.75, 3.05) is 5.32 Å². The van der Waals surface area contributed by atoms with E-state index in [-0.39, 0.29) is 11.3 Å². The maximum Gasteiger partial charge on any atom is 0.163 e. The first-order valence-electron chi connectivity index (χ1n) is 7.06. The zero-order chi connectivity index (χ0) is 16.9. The number of fused-ring (bicyclic) bond motifs is 1. The minimum atomic E-state index is -0.274. The number of hydrogen-bond donors (Lipinski definition) is 1. The Hall–Kier alpha value is -4.01. The van der Waals surface area contributed by atoms with Gasteiger partial charge in [0.2, 0.25) is 0 Å². The van der Waals surface area contributed by atoms with E-state index in [0.717, 1.165) is 10.9 Å². The topological polar surface area (TPSA) is 96.5 Å². The third-order valence-corrected chi connectivity index (χ3v) is 3.45. The second-order valence-corrected chi connectivity index (χ2v) is 4.91. The minimum Gasteiger partial charge on any atom is -0.454 e. The minimum absolute atomic E-state index is 0.106. The number of anilines is 1. The number of rotatable bonds is 3. The van der Waals surface area contributed by atoms with E-state index in [1.165, 1.54) is 0 Å². The van der Waals surface area contributed by atoms with E-state index in [1.807, 2.05) is 54.6 Å². The highest BCUT2D eigenvalue weighted by Crippen LogP contribution is 2.32. The second kappa shape index (κ2) is 6.40. The molecule has 24 heavy (non-hydrogen) atoms. The molecule has 0 saturated carbocycles. The van der Waals surface area contributed by atoms with Crippen LogP contribution in [0.25, 0.3) is 22.3 Å². The lowest BCUT2D eigenvalue weighted by Gasteiger charge is -2.05. The fraction of sp³-hybridized carbons (Fsp3) is 0. The molecule has 1 N–H and O–H groups in total. The molecule has 0 bridgehead atoms. The van der Waals surface area contributed by atoms with Gasteiger partial charge in [0.05, 0.1) is 5.69 Å². The number of hydrogen-bond acceptors (Lipinski definition) is 5. The lowest BCUT2D eigenvalue weighted by Crippen LogP contribution is -2.00. The Morgan fingerprint density at radius 3 is 2.29 bits per heavy atom. The van der Waals surface area contributed by atoms with Crippen LogP contribution in [0.1, 0.15) is 0 Å². The summed E-state index contributed by atoms with van der Waals surface area (Å²) in [7, 11) is 0. The third-order valence-electron chi connectivity index (χ3n) is 3.45. The molecule has 5 heteroatoms. The van der Waals surface area contributed by atoms with Crippen LogP contribution in [0.15, 0.2) is 70.3 Å². The molecule has 5 nitrogen and oxygen atoms in total. The Labute approximate surface area is 138 Å². The number of allylic oxidation sites excluding steroid dienone is 2. The van der Waals surface area contributed by atoms with Gasteiger partial charge < -0.3 is 9.73 Å². The summed E-state index contributed by atoms with van der Waals surface area (Å²) in [6.45, 7) is 0. The van der Waals surface area contributed by atoms with Crippen LogP contribution >= 0.6 is 0 Å². The largest absolute Gasteiger partial charge is 0.454 e. The SMILES string of the molecule is N#CC(C#N)=C(C#N)Nc1cccc2cc(-c3ccccc3)oc12. The van der Waals surface area contributed by atoms with Gasteiger partial charge in [-0.05, 0) is 12.1 Å². The predicted octanol–water partition coefficient (Wildman–Crippen LogP) is 4.34. The van der Waals surface area contributed by atoms with Gasteiger partial charge in [-0.15, -0.1) is 0 Å². The Bertz CT molecular complexity index is 1040. The van der Waals surface area contributed by atoms with Gasteiger partial charge in [-0.2, -0.15) is 15.8 Å². The van der Waals surface area contributed by atoms with Crippen molar-refractivity contribution in [1.82, 2.24) is 0 Å². The van der Waals surface area contributed by atoms with Crippen LogP contribution in [0.3, 0.4) is 0 Å². The molecule has 3 rings (SSSR count). The van der Waals surface area contributed by atoms with E-state index in [9.17, 15) is 5.26 Å². The highest BCUT2D eigenvalue weighted by atomic mass is 16.3. The van der Waals surface area contributed by atoms with Gasteiger partial charge in [-0.25, -0.2) is 0 Å². The van der Waals surface area contributed by atoms with E-state index in [1.54, 1.807) is 18.2 Å². The van der Waals surface area contributed by atoms with E-state index in [2.05, 4.69) is 5.32 Å². The monoisotopic (exact) mass is 310 g/mol. The van der Waals surface area contributed by atoms with Crippen LogP contribution in [0.5, 0.6) is 0 Å². The van der Waals surface area contributed by atoms with Crippen molar-refractivity contribution < 1.29 is 4.42 Å². The highest BCUT2D eigenvalue weighted by Gasteiger charge is 2.12. The number of furan rings is 1. The summed E-state index contributed by atoms with van der Waals surface area (Å²) in [5, 5.41) is 30.7. The Morgan fingerprint density at radius 2 is 1.62 bits per heavy atom. The summed E-state index contributed by atoms with van der Waals surface area (Å²) < 4.78 is 5.92. The molecule has 0 fully saturated rings. The second-order valence-electron chi connectivity index (χ2n) is 4.91. The van der Waals surface area contributed by atoms with Crippen molar-refractivity contribution in [2.24, 2.45) is 0 Å². The third kappa shape index (κ3) is 2.68. The number of nitrogens with zero attached hydrogens (tertiary/aromatic N) is 3. The molecular weight excluding hydrogens is 300 g/mol. The predicted molar refractivity (Wildman–Crippen MR) is 89.1 cm³/mol. The average molecular weight is 310 g/mol. The molecule has 0 aliphatic rings. The van der Waals surface area contributed by atoms with Crippen LogP contribution in [0, 0.1) is 34.0 Å². The summed E-state index contributed by atoms with van der Waals surface area (Å²) in [4.78, 5) is 0. The molecule has 1 heterocycles. The number of para-hydroxylation sites is 1. The Kier molecular flexibility index (Phi) is 3.98. The molecule has 0 atom stereocenters. The standard InChI is InChI=1S/C19H10N4O/c20-10-15(11-21)17(12-22)23-16-8-4-7-14-9-18(24-19(14)16)13-5-2-1-3-6-13/h1-9,23H. The van der Waals surface area contributed by atoms with Gasteiger partial charge >= 0.3 is 0 Å². The lowest BCUT2D eigenvalue weighted by molar-refractivity contribution is 0.632. The molecule has 2 aromatic carbocycles. The van der Waals surface area contributed by atoms with Crippen LogP contribution in [-0.4, -0.2) is 0 Å². The zero-order valence-corrected chi connectivity index (χ0v) is 12.4. The van der Waals surface area contributed by atoms with Gasteiger partial charge in [-0.3, -0.25) is 0 Å². The first kappa shape index (κ1) is 14.9. The van der Waals surface area contributed by atoms with Gasteiger partial charge in [0, 0.05) is 10.9 Å². The van der Waals surface area contributed by atoms with Crippen LogP contribution in [0.4, 0.5) is 5.69 Å². The van der Waals surface area contributed by atoms with Crippen LogP contribution in [0.2, 0.25) is 0 Å². The Morgan fingerprint density at radius 1 is 0.875 bits per heavy atom. The van der Waals surface area contributed by atoms with Crippen molar-refractivity contribution in [3.05, 3.63) is 65.9 Å². The molecule has 0 aliphatic carbocycles. The Balaban J connectivity index is 2.10. The van der Waals surface area contributed by atoms with Gasteiger partial charge in [0.1, 0.15) is 29.7 Å². The average Bonchev–Trinajstić information content (AvgIpc) is 3.07. The van der Waals surface area contributed by atoms with Crippen LogP contribution < -0.4 is 5.32 Å². The number of benzene rings is 2. The van der Waals surface area contributed by atoms with Gasteiger partial charge in [0.15, 0.2) is 11.2 Å². The molecule has 3 aromatic rings. The van der Waals surface area contributed by atoms with E-state index < -0.39 is 0 Å². The smallest absolute Gasteiger partial charge is 0.163 e. The molecule has 0 unspecified atom stereocenters. The maximum absolute atomic E-state index is 9.17. The normalized spacial score (nSPS) is 9.54. The summed E-state index contributed by atoms with van der Waals surface area (Å²) >= 11 is 0. The van der Waals surface area contributed by atoms with Gasteiger partial charge in [-0.1, -0.05) is 42.5 Å². The molecule has 0 aliphatic heterocycles. The van der Waals surface area contributed by atoms with E-state index >= 15 is 0 Å². The number of nitrogens with one attached hydrogen (secondary N) is 1. The van der Waals surface area contributed by atoms with Crippen LogP contribution in [-0.2, 0) is 0 Å². The lowest BCUT2D eigenvalue weighted by atomic mass is 10.1. The van der Waals surface area contributed by atoms with E-state index in [0.29, 0.717) is 17.0 Å². The summed E-state index contributed by atoms with van der Waals surface area (Å²) in [5.74, 6) is 0.697. The highest BCUT2D eigenvalue weighted by molar-refractivity contribution is 5.93. The fourth-order valence-corrected chi connectivity index (χ4v) is 2.32. The molecular formula is C19H10N4O. The molecule has 0 spiro atoms. The molecule has 0 saturated heterocycles. The van der Waals surface area contributed by atoms with Crippen molar-refractivity contribution in [2.45, 2.75) is 0 Å².